The third-order valence-corrected chi connectivity index (χ3v) is 6.95. The van der Waals surface area contributed by atoms with Gasteiger partial charge in [-0.2, -0.15) is 0 Å². The van der Waals surface area contributed by atoms with Crippen molar-refractivity contribution in [1.82, 2.24) is 9.71 Å². The first kappa shape index (κ1) is 24.6. The van der Waals surface area contributed by atoms with Gasteiger partial charge in [-0.05, 0) is 38.1 Å². The van der Waals surface area contributed by atoms with Gasteiger partial charge in [-0.25, -0.2) is 18.1 Å². The number of amides is 1. The first-order valence-corrected chi connectivity index (χ1v) is 12.6. The Bertz CT molecular complexity index is 1200. The fraction of sp³-hybridized carbons (Fsp3) is 0.261. The second-order valence-electron chi connectivity index (χ2n) is 7.45. The van der Waals surface area contributed by atoms with Gasteiger partial charge < -0.3 is 10.1 Å². The van der Waals surface area contributed by atoms with E-state index in [1.54, 1.807) is 17.5 Å². The Kier molecular flexibility index (Phi) is 8.32. The lowest BCUT2D eigenvalue weighted by atomic mass is 10.2. The molecule has 10 heteroatoms. The summed E-state index contributed by atoms with van der Waals surface area (Å²) >= 11 is 1.31. The zero-order valence-electron chi connectivity index (χ0n) is 18.3. The Morgan fingerprint density at radius 3 is 2.30 bits per heavy atom. The maximum absolute atomic E-state index is 12.2. The lowest BCUT2D eigenvalue weighted by molar-refractivity contribution is -0.144. The highest BCUT2D eigenvalue weighted by Gasteiger charge is 2.15. The molecule has 0 spiro atoms. The first-order chi connectivity index (χ1) is 15.7. The SMILES string of the molecule is Cc1ccc(NC(=O)Cc2nc(COC(=O)CCNS(=O)(=O)c3ccc(C)cc3)cs2)cc1. The Morgan fingerprint density at radius 1 is 1.00 bits per heavy atom. The van der Waals surface area contributed by atoms with Gasteiger partial charge in [0.15, 0.2) is 0 Å². The van der Waals surface area contributed by atoms with Crippen LogP contribution in [0.25, 0.3) is 0 Å². The molecule has 174 valence electrons. The number of aryl methyl sites for hydroxylation is 2. The fourth-order valence-electron chi connectivity index (χ4n) is 2.79. The monoisotopic (exact) mass is 487 g/mol. The molecule has 1 heterocycles. The van der Waals surface area contributed by atoms with Crippen LogP contribution in [0.15, 0.2) is 58.8 Å². The van der Waals surface area contributed by atoms with E-state index in [9.17, 15) is 18.0 Å². The lowest BCUT2D eigenvalue weighted by Crippen LogP contribution is -2.26. The van der Waals surface area contributed by atoms with Gasteiger partial charge in [0.05, 0.1) is 23.4 Å². The van der Waals surface area contributed by atoms with Crippen LogP contribution in [0.3, 0.4) is 0 Å². The van der Waals surface area contributed by atoms with Crippen LogP contribution in [0.1, 0.15) is 28.2 Å². The Morgan fingerprint density at radius 2 is 1.64 bits per heavy atom. The van der Waals surface area contributed by atoms with E-state index in [0.29, 0.717) is 16.4 Å². The van der Waals surface area contributed by atoms with Crippen molar-refractivity contribution in [2.45, 2.75) is 38.2 Å². The number of thiazole rings is 1. The Balaban J connectivity index is 1.39. The molecule has 2 N–H and O–H groups in total. The van der Waals surface area contributed by atoms with Crippen LogP contribution >= 0.6 is 11.3 Å². The predicted molar refractivity (Wildman–Crippen MR) is 126 cm³/mol. The second-order valence-corrected chi connectivity index (χ2v) is 10.2. The molecule has 2 aromatic carbocycles. The van der Waals surface area contributed by atoms with Crippen LogP contribution in [-0.4, -0.2) is 31.8 Å². The number of hydrogen-bond acceptors (Lipinski definition) is 7. The van der Waals surface area contributed by atoms with Crippen LogP contribution in [0.5, 0.6) is 0 Å². The predicted octanol–water partition coefficient (Wildman–Crippen LogP) is 3.35. The average molecular weight is 488 g/mol. The van der Waals surface area contributed by atoms with Crippen LogP contribution < -0.4 is 10.0 Å². The number of rotatable bonds is 10. The fourth-order valence-corrected chi connectivity index (χ4v) is 4.60. The van der Waals surface area contributed by atoms with Gasteiger partial charge in [0.25, 0.3) is 0 Å². The number of nitrogens with zero attached hydrogens (tertiary/aromatic N) is 1. The van der Waals surface area contributed by atoms with E-state index < -0.39 is 16.0 Å². The molecular formula is C23H25N3O5S2. The van der Waals surface area contributed by atoms with E-state index in [0.717, 1.165) is 11.1 Å². The molecule has 3 rings (SSSR count). The maximum atomic E-state index is 12.2. The molecule has 0 unspecified atom stereocenters. The van der Waals surface area contributed by atoms with Gasteiger partial charge in [-0.1, -0.05) is 35.4 Å². The molecule has 0 fully saturated rings. The van der Waals surface area contributed by atoms with Crippen molar-refractivity contribution in [3.8, 4) is 0 Å². The van der Waals surface area contributed by atoms with Gasteiger partial charge in [-0.15, -0.1) is 11.3 Å². The van der Waals surface area contributed by atoms with E-state index in [1.807, 2.05) is 38.1 Å². The van der Waals surface area contributed by atoms with Gasteiger partial charge in [-0.3, -0.25) is 9.59 Å². The van der Waals surface area contributed by atoms with E-state index in [-0.39, 0.29) is 36.8 Å². The summed E-state index contributed by atoms with van der Waals surface area (Å²) in [4.78, 5) is 28.6. The summed E-state index contributed by atoms with van der Waals surface area (Å²) in [5.41, 5.74) is 3.31. The molecule has 0 saturated carbocycles. The number of nitrogens with one attached hydrogen (secondary N) is 2. The van der Waals surface area contributed by atoms with Crippen LogP contribution in [0.4, 0.5) is 5.69 Å². The normalized spacial score (nSPS) is 11.2. The minimum Gasteiger partial charge on any atom is -0.459 e. The van der Waals surface area contributed by atoms with Crippen molar-refractivity contribution in [3.63, 3.8) is 0 Å². The van der Waals surface area contributed by atoms with Crippen LogP contribution in [0.2, 0.25) is 0 Å². The Labute approximate surface area is 197 Å². The third kappa shape index (κ3) is 7.77. The standard InChI is InChI=1S/C23H25N3O5S2/c1-16-3-7-18(8-4-16)25-21(27)13-22-26-19(15-32-22)14-31-23(28)11-12-24-33(29,30)20-9-5-17(2)6-10-20/h3-10,15,24H,11-14H2,1-2H3,(H,25,27). The van der Waals surface area contributed by atoms with Gasteiger partial charge in [0, 0.05) is 17.6 Å². The van der Waals surface area contributed by atoms with Crippen molar-refractivity contribution in [2.75, 3.05) is 11.9 Å². The summed E-state index contributed by atoms with van der Waals surface area (Å²) in [6.45, 7) is 3.72. The molecule has 3 aromatic rings. The zero-order chi connectivity index (χ0) is 23.8. The van der Waals surface area contributed by atoms with Crippen molar-refractivity contribution >= 4 is 38.9 Å². The summed E-state index contributed by atoms with van der Waals surface area (Å²) in [6, 6.07) is 13.9. The number of anilines is 1. The van der Waals surface area contributed by atoms with Crippen molar-refractivity contribution < 1.29 is 22.7 Å². The van der Waals surface area contributed by atoms with Gasteiger partial charge in [0.2, 0.25) is 15.9 Å². The molecule has 0 aliphatic carbocycles. The molecule has 1 aromatic heterocycles. The van der Waals surface area contributed by atoms with Crippen molar-refractivity contribution in [3.05, 3.63) is 75.7 Å². The van der Waals surface area contributed by atoms with Gasteiger partial charge >= 0.3 is 5.97 Å². The molecule has 0 aliphatic heterocycles. The Hall–Kier alpha value is -3.08. The average Bonchev–Trinajstić information content (AvgIpc) is 3.21. The molecule has 0 atom stereocenters. The topological polar surface area (TPSA) is 114 Å². The van der Waals surface area contributed by atoms with E-state index in [2.05, 4.69) is 15.0 Å². The first-order valence-electron chi connectivity index (χ1n) is 10.2. The smallest absolute Gasteiger partial charge is 0.307 e. The highest BCUT2D eigenvalue weighted by Crippen LogP contribution is 2.14. The number of aromatic nitrogens is 1. The number of hydrogen-bond donors (Lipinski definition) is 2. The molecule has 1 amide bonds. The summed E-state index contributed by atoms with van der Waals surface area (Å²) in [5.74, 6) is -0.731. The second kappa shape index (κ2) is 11.2. The summed E-state index contributed by atoms with van der Waals surface area (Å²) in [5, 5.41) is 5.15. The molecule has 8 nitrogen and oxygen atoms in total. The quantitative estimate of drug-likeness (QED) is 0.424. The van der Waals surface area contributed by atoms with E-state index >= 15 is 0 Å². The number of benzene rings is 2. The molecule has 0 bridgehead atoms. The number of carbonyl (C=O) groups is 2. The third-order valence-electron chi connectivity index (χ3n) is 4.58. The van der Waals surface area contributed by atoms with E-state index in [1.165, 1.54) is 23.5 Å². The number of esters is 1. The zero-order valence-corrected chi connectivity index (χ0v) is 20.0. The van der Waals surface area contributed by atoms with Crippen LogP contribution in [-0.2, 0) is 37.4 Å². The molecular weight excluding hydrogens is 462 g/mol. The molecule has 33 heavy (non-hydrogen) atoms. The largest absolute Gasteiger partial charge is 0.459 e. The number of sulfonamides is 1. The highest BCUT2D eigenvalue weighted by molar-refractivity contribution is 7.89. The summed E-state index contributed by atoms with van der Waals surface area (Å²) < 4.78 is 32.0. The summed E-state index contributed by atoms with van der Waals surface area (Å²) in [6.07, 6.45) is 0.00826. The number of carbonyl (C=O) groups excluding carboxylic acids is 2. The summed E-state index contributed by atoms with van der Waals surface area (Å²) in [7, 11) is -3.68. The highest BCUT2D eigenvalue weighted by atomic mass is 32.2. The molecule has 0 aliphatic rings. The number of ether oxygens (including phenoxy) is 1. The molecule has 0 saturated heterocycles. The van der Waals surface area contributed by atoms with Gasteiger partial charge in [0.1, 0.15) is 11.6 Å². The minimum absolute atomic E-state index is 0.0420. The lowest BCUT2D eigenvalue weighted by Gasteiger charge is -2.07. The minimum atomic E-state index is -3.68. The van der Waals surface area contributed by atoms with Crippen molar-refractivity contribution in [1.29, 1.82) is 0 Å². The molecule has 0 radical (unpaired) electrons. The van der Waals surface area contributed by atoms with E-state index in [4.69, 9.17) is 4.74 Å². The van der Waals surface area contributed by atoms with Crippen molar-refractivity contribution in [2.24, 2.45) is 0 Å². The van der Waals surface area contributed by atoms with Crippen LogP contribution in [0, 0.1) is 13.8 Å². The maximum Gasteiger partial charge on any atom is 0.307 e.